The maximum absolute atomic E-state index is 5.76. The molecule has 0 radical (unpaired) electrons. The summed E-state index contributed by atoms with van der Waals surface area (Å²) in [7, 11) is 0. The Labute approximate surface area is 150 Å². The van der Waals surface area contributed by atoms with Gasteiger partial charge in [-0.2, -0.15) is 9.78 Å². The number of likely N-dealkylation sites (N-methyl/N-ethyl adjacent to an activating group) is 1. The number of nitrogens with zero attached hydrogens (tertiary/aromatic N) is 3. The van der Waals surface area contributed by atoms with Crippen LogP contribution in [0.15, 0.2) is 12.7 Å². The van der Waals surface area contributed by atoms with E-state index < -0.39 is 0 Å². The fourth-order valence-corrected chi connectivity index (χ4v) is 4.48. The average molecular weight is 352 g/mol. The molecule has 1 aromatic rings. The number of hydrogen-bond donors (Lipinski definition) is 2. The zero-order chi connectivity index (χ0) is 16.9. The highest BCUT2D eigenvalue weighted by atomic mass is 32.1. The first-order chi connectivity index (χ1) is 11.7. The van der Waals surface area contributed by atoms with Gasteiger partial charge in [-0.25, -0.2) is 0 Å². The minimum absolute atomic E-state index is 0.582. The largest absolute Gasteiger partial charge is 0.326 e. The molecule has 1 saturated heterocycles. The molecule has 2 N–H and O–H groups in total. The van der Waals surface area contributed by atoms with Crippen LogP contribution in [0.25, 0.3) is 0 Å². The summed E-state index contributed by atoms with van der Waals surface area (Å²) in [6, 6.07) is 0. The summed E-state index contributed by atoms with van der Waals surface area (Å²) in [5, 5.41) is 4.99. The van der Waals surface area contributed by atoms with Crippen molar-refractivity contribution in [1.82, 2.24) is 14.3 Å². The Hall–Kier alpha value is -0.980. The number of aromatic nitrogens is 3. The minimum atomic E-state index is 0.582. The van der Waals surface area contributed by atoms with E-state index in [1.807, 2.05) is 6.08 Å². The molecule has 0 bridgehead atoms. The third-order valence-electron chi connectivity index (χ3n) is 5.77. The quantitative estimate of drug-likeness (QED) is 0.575. The maximum atomic E-state index is 5.76. The van der Waals surface area contributed by atoms with Gasteiger partial charge in [0, 0.05) is 12.5 Å². The van der Waals surface area contributed by atoms with Crippen molar-refractivity contribution < 1.29 is 9.80 Å². The summed E-state index contributed by atoms with van der Waals surface area (Å²) >= 11 is 5.76. The summed E-state index contributed by atoms with van der Waals surface area (Å²) in [5.41, 5.74) is 0. The lowest BCUT2D eigenvalue weighted by Crippen LogP contribution is -3.27. The second-order valence-corrected chi connectivity index (χ2v) is 7.75. The summed E-state index contributed by atoms with van der Waals surface area (Å²) in [6.07, 6.45) is 8.48. The number of rotatable bonds is 6. The van der Waals surface area contributed by atoms with E-state index in [0.717, 1.165) is 18.0 Å². The molecular formula is C18H33N5S+2. The van der Waals surface area contributed by atoms with Gasteiger partial charge in [-0.1, -0.05) is 25.3 Å². The highest BCUT2D eigenvalue weighted by Crippen LogP contribution is 2.31. The molecule has 0 spiro atoms. The van der Waals surface area contributed by atoms with E-state index in [2.05, 4.69) is 22.8 Å². The summed E-state index contributed by atoms with van der Waals surface area (Å²) in [4.78, 5) is 3.34. The van der Waals surface area contributed by atoms with E-state index in [-0.39, 0.29) is 0 Å². The molecule has 134 valence electrons. The molecule has 1 aliphatic heterocycles. The Bertz CT molecular complexity index is 591. The van der Waals surface area contributed by atoms with Crippen molar-refractivity contribution in [2.45, 2.75) is 58.2 Å². The van der Waals surface area contributed by atoms with Gasteiger partial charge in [0.1, 0.15) is 32.0 Å². The molecule has 0 aromatic carbocycles. The fourth-order valence-electron chi connectivity index (χ4n) is 4.20. The van der Waals surface area contributed by atoms with E-state index in [1.165, 1.54) is 70.7 Å². The monoisotopic (exact) mass is 351 g/mol. The van der Waals surface area contributed by atoms with E-state index in [1.54, 1.807) is 9.80 Å². The molecule has 3 rings (SSSR count). The highest BCUT2D eigenvalue weighted by molar-refractivity contribution is 7.71. The Morgan fingerprint density at radius 3 is 2.46 bits per heavy atom. The van der Waals surface area contributed by atoms with Gasteiger partial charge < -0.3 is 9.80 Å². The van der Waals surface area contributed by atoms with Crippen LogP contribution in [-0.4, -0.2) is 47.1 Å². The first-order valence-corrected chi connectivity index (χ1v) is 10.1. The van der Waals surface area contributed by atoms with Crippen molar-refractivity contribution in [3.63, 3.8) is 0 Å². The average Bonchev–Trinajstić information content (AvgIpc) is 2.93. The lowest BCUT2D eigenvalue weighted by Gasteiger charge is -2.28. The fraction of sp³-hybridized carbons (Fsp3) is 0.778. The predicted octanol–water partition coefficient (Wildman–Crippen LogP) is 0.409. The number of quaternary nitrogens is 2. The second-order valence-electron chi connectivity index (χ2n) is 7.39. The molecule has 1 aromatic heterocycles. The summed E-state index contributed by atoms with van der Waals surface area (Å²) in [6.45, 7) is 14.1. The van der Waals surface area contributed by atoms with Gasteiger partial charge in [-0.15, -0.1) is 6.58 Å². The molecule has 24 heavy (non-hydrogen) atoms. The van der Waals surface area contributed by atoms with E-state index in [0.29, 0.717) is 5.92 Å². The Morgan fingerprint density at radius 2 is 1.83 bits per heavy atom. The van der Waals surface area contributed by atoms with Crippen LogP contribution >= 0.6 is 12.2 Å². The van der Waals surface area contributed by atoms with E-state index >= 15 is 0 Å². The molecule has 5 nitrogen and oxygen atoms in total. The molecule has 1 saturated carbocycles. The lowest BCUT2D eigenvalue weighted by atomic mass is 9.89. The van der Waals surface area contributed by atoms with Crippen LogP contribution in [-0.2, 0) is 13.2 Å². The van der Waals surface area contributed by atoms with Gasteiger partial charge >= 0.3 is 0 Å². The third kappa shape index (κ3) is 3.98. The number of nitrogens with one attached hydrogen (secondary N) is 2. The SMILES string of the molecule is C=CCn1c(C2CCCCC2)nn(C[NH+]2CC[NH+](CC)CC2)c1=S. The van der Waals surface area contributed by atoms with E-state index in [4.69, 9.17) is 17.3 Å². The van der Waals surface area contributed by atoms with Gasteiger partial charge in [0.05, 0.1) is 6.54 Å². The minimum Gasteiger partial charge on any atom is -0.326 e. The number of allylic oxidation sites excluding steroid dienone is 1. The topological polar surface area (TPSA) is 31.6 Å². The highest BCUT2D eigenvalue weighted by Gasteiger charge is 2.26. The van der Waals surface area contributed by atoms with Crippen molar-refractivity contribution in [2.75, 3.05) is 32.7 Å². The van der Waals surface area contributed by atoms with Crippen LogP contribution in [0.5, 0.6) is 0 Å². The van der Waals surface area contributed by atoms with Crippen molar-refractivity contribution in [3.05, 3.63) is 23.3 Å². The molecule has 0 unspecified atom stereocenters. The van der Waals surface area contributed by atoms with Crippen molar-refractivity contribution in [2.24, 2.45) is 0 Å². The summed E-state index contributed by atoms with van der Waals surface area (Å²) in [5.74, 6) is 1.79. The Balaban J connectivity index is 1.75. The Morgan fingerprint density at radius 1 is 1.17 bits per heavy atom. The molecular weight excluding hydrogens is 318 g/mol. The Kier molecular flexibility index (Phi) is 6.25. The second kappa shape index (κ2) is 8.41. The van der Waals surface area contributed by atoms with Gasteiger partial charge in [0.2, 0.25) is 4.77 Å². The molecule has 2 fully saturated rings. The zero-order valence-corrected chi connectivity index (χ0v) is 15.9. The van der Waals surface area contributed by atoms with Crippen LogP contribution in [0.1, 0.15) is 50.8 Å². The van der Waals surface area contributed by atoms with Gasteiger partial charge in [0.25, 0.3) is 0 Å². The molecule has 6 heteroatoms. The molecule has 2 heterocycles. The van der Waals surface area contributed by atoms with Gasteiger partial charge in [0.15, 0.2) is 6.67 Å². The van der Waals surface area contributed by atoms with Crippen LogP contribution in [0.2, 0.25) is 0 Å². The number of hydrogen-bond acceptors (Lipinski definition) is 2. The molecule has 0 amide bonds. The van der Waals surface area contributed by atoms with Crippen molar-refractivity contribution >= 4 is 12.2 Å². The van der Waals surface area contributed by atoms with Crippen LogP contribution in [0.4, 0.5) is 0 Å². The first-order valence-electron chi connectivity index (χ1n) is 9.68. The van der Waals surface area contributed by atoms with Crippen LogP contribution < -0.4 is 9.80 Å². The van der Waals surface area contributed by atoms with Gasteiger partial charge in [-0.05, 0) is 32.0 Å². The normalized spacial score (nSPS) is 25.7. The van der Waals surface area contributed by atoms with Crippen molar-refractivity contribution in [3.8, 4) is 0 Å². The van der Waals surface area contributed by atoms with Gasteiger partial charge in [-0.3, -0.25) is 4.57 Å². The first kappa shape index (κ1) is 17.8. The molecule has 2 aliphatic rings. The summed E-state index contributed by atoms with van der Waals surface area (Å²) < 4.78 is 5.20. The van der Waals surface area contributed by atoms with E-state index in [9.17, 15) is 0 Å². The zero-order valence-electron chi connectivity index (χ0n) is 15.1. The van der Waals surface area contributed by atoms with Crippen LogP contribution in [0.3, 0.4) is 0 Å². The standard InChI is InChI=1S/C18H31N5S/c1-3-10-22-17(16-8-6-5-7-9-16)19-23(18(22)24)15-21-13-11-20(4-2)12-14-21/h3,16H,1,4-15H2,2H3/p+2. The maximum Gasteiger partial charge on any atom is 0.203 e. The molecule has 0 atom stereocenters. The third-order valence-corrected chi connectivity index (χ3v) is 6.20. The smallest absolute Gasteiger partial charge is 0.203 e. The lowest BCUT2D eigenvalue weighted by molar-refractivity contribution is -1.02. The molecule has 1 aliphatic carbocycles. The van der Waals surface area contributed by atoms with Crippen LogP contribution in [0, 0.1) is 4.77 Å². The predicted molar refractivity (Wildman–Crippen MR) is 99.0 cm³/mol. The number of piperazine rings is 1. The van der Waals surface area contributed by atoms with Crippen molar-refractivity contribution in [1.29, 1.82) is 0 Å².